The van der Waals surface area contributed by atoms with E-state index in [1.807, 2.05) is 14.1 Å². The number of aliphatic hydroxyl groups excluding tert-OH is 1. The Hall–Kier alpha value is -0.0800. The normalized spacial score (nSPS) is 9.33. The van der Waals surface area contributed by atoms with Gasteiger partial charge in [-0.25, -0.2) is 0 Å². The van der Waals surface area contributed by atoms with Crippen LogP contribution in [0.2, 0.25) is 0 Å². The van der Waals surface area contributed by atoms with Gasteiger partial charge >= 0.3 is 0 Å². The van der Waals surface area contributed by atoms with Gasteiger partial charge < -0.3 is 9.59 Å². The van der Waals surface area contributed by atoms with Crippen molar-refractivity contribution in [3.05, 3.63) is 0 Å². The zero-order valence-corrected chi connectivity index (χ0v) is 5.31. The number of aliphatic hydroxyl groups is 1. The van der Waals surface area contributed by atoms with Crippen LogP contribution in [0.5, 0.6) is 0 Å². The third-order valence-corrected chi connectivity index (χ3v) is 1.24. The first-order valence-corrected chi connectivity index (χ1v) is 2.55. The molecular formula is C7H22NO+. The fourth-order valence-electron chi connectivity index (χ4n) is 0.1000. The van der Waals surface area contributed by atoms with Gasteiger partial charge in [-0.15, -0.1) is 0 Å². The van der Waals surface area contributed by atoms with Gasteiger partial charge in [0, 0.05) is 0 Å². The fourth-order valence-corrected chi connectivity index (χ4v) is 0.1000. The van der Waals surface area contributed by atoms with Gasteiger partial charge in [0.25, 0.3) is 0 Å². The molecule has 0 fully saturated rings. The highest BCUT2D eigenvalue weighted by Crippen LogP contribution is 1.89. The Labute approximate surface area is 59.7 Å². The summed E-state index contributed by atoms with van der Waals surface area (Å²) < 4.78 is 0.694. The lowest BCUT2D eigenvalue weighted by Gasteiger charge is -2.24. The SMILES string of the molecule is C.C.CC[N+](C)(C)CO. The van der Waals surface area contributed by atoms with E-state index in [0.29, 0.717) is 4.48 Å². The Bertz CT molecular complexity index is 46.9. The molecule has 60 valence electrons. The smallest absolute Gasteiger partial charge is 0.179 e. The lowest BCUT2D eigenvalue weighted by atomic mass is 10.6. The molecule has 0 spiro atoms. The Morgan fingerprint density at radius 3 is 1.56 bits per heavy atom. The van der Waals surface area contributed by atoms with E-state index in [1.165, 1.54) is 0 Å². The molecule has 0 heterocycles. The number of hydrogen-bond donors (Lipinski definition) is 1. The van der Waals surface area contributed by atoms with Crippen molar-refractivity contribution in [1.82, 2.24) is 0 Å². The molecule has 0 aromatic rings. The minimum Gasteiger partial charge on any atom is -0.347 e. The molecule has 0 rings (SSSR count). The predicted octanol–water partition coefficient (Wildman–Crippen LogP) is 1.30. The average Bonchev–Trinajstić information content (AvgIpc) is 1.68. The van der Waals surface area contributed by atoms with Crippen molar-refractivity contribution in [1.29, 1.82) is 0 Å². The minimum absolute atomic E-state index is 0. The molecule has 1 N–H and O–H groups in total. The van der Waals surface area contributed by atoms with Crippen LogP contribution in [0.4, 0.5) is 0 Å². The molecule has 0 aromatic carbocycles. The van der Waals surface area contributed by atoms with Crippen LogP contribution in [0, 0.1) is 0 Å². The summed E-state index contributed by atoms with van der Waals surface area (Å²) in [6.07, 6.45) is 0. The van der Waals surface area contributed by atoms with E-state index in [4.69, 9.17) is 5.11 Å². The van der Waals surface area contributed by atoms with Crippen LogP contribution in [0.15, 0.2) is 0 Å². The van der Waals surface area contributed by atoms with Crippen molar-refractivity contribution >= 4 is 0 Å². The van der Waals surface area contributed by atoms with Gasteiger partial charge in [0.1, 0.15) is 0 Å². The van der Waals surface area contributed by atoms with Crippen molar-refractivity contribution in [3.63, 3.8) is 0 Å². The van der Waals surface area contributed by atoms with Crippen LogP contribution in [-0.4, -0.2) is 37.0 Å². The van der Waals surface area contributed by atoms with Gasteiger partial charge in [0.05, 0.1) is 20.6 Å². The van der Waals surface area contributed by atoms with Crippen molar-refractivity contribution < 1.29 is 9.59 Å². The summed E-state index contributed by atoms with van der Waals surface area (Å²) in [5, 5.41) is 8.57. The first kappa shape index (κ1) is 16.0. The third-order valence-electron chi connectivity index (χ3n) is 1.24. The lowest BCUT2D eigenvalue weighted by molar-refractivity contribution is -0.907. The number of rotatable bonds is 2. The van der Waals surface area contributed by atoms with E-state index in [1.54, 1.807) is 0 Å². The van der Waals surface area contributed by atoms with Crippen LogP contribution in [0.3, 0.4) is 0 Å². The molecule has 0 aromatic heterocycles. The highest BCUT2D eigenvalue weighted by molar-refractivity contribution is 4.10. The molecule has 0 amide bonds. The van der Waals surface area contributed by atoms with Crippen molar-refractivity contribution in [2.75, 3.05) is 27.4 Å². The lowest BCUT2D eigenvalue weighted by Crippen LogP contribution is -2.39. The largest absolute Gasteiger partial charge is 0.347 e. The standard InChI is InChI=1S/C5H14NO.2CH4/c1-4-6(2,3)5-7;;/h7H,4-5H2,1-3H3;2*1H4/q+1;;. The Balaban J connectivity index is -0.000000180. The molecular weight excluding hydrogens is 114 g/mol. The average molecular weight is 136 g/mol. The van der Waals surface area contributed by atoms with Gasteiger partial charge in [-0.2, -0.15) is 0 Å². The zero-order chi connectivity index (χ0) is 5.91. The van der Waals surface area contributed by atoms with Crippen LogP contribution < -0.4 is 0 Å². The highest BCUT2D eigenvalue weighted by atomic mass is 16.3. The van der Waals surface area contributed by atoms with Crippen molar-refractivity contribution in [2.24, 2.45) is 0 Å². The quantitative estimate of drug-likeness (QED) is 0.448. The summed E-state index contributed by atoms with van der Waals surface area (Å²) >= 11 is 0. The van der Waals surface area contributed by atoms with Gasteiger partial charge in [-0.1, -0.05) is 14.9 Å². The maximum Gasteiger partial charge on any atom is 0.179 e. The second-order valence-electron chi connectivity index (χ2n) is 2.39. The summed E-state index contributed by atoms with van der Waals surface area (Å²) in [5.41, 5.74) is 0. The first-order chi connectivity index (χ1) is 3.12. The molecule has 0 atom stereocenters. The Kier molecular flexibility index (Phi) is 10.7. The molecule has 0 aliphatic carbocycles. The van der Waals surface area contributed by atoms with E-state index in [0.717, 1.165) is 6.54 Å². The molecule has 0 aliphatic heterocycles. The van der Waals surface area contributed by atoms with Crippen molar-refractivity contribution in [2.45, 2.75) is 21.8 Å². The fraction of sp³-hybridized carbons (Fsp3) is 1.00. The van der Waals surface area contributed by atoms with E-state index >= 15 is 0 Å². The Morgan fingerprint density at radius 1 is 1.22 bits per heavy atom. The minimum atomic E-state index is 0. The van der Waals surface area contributed by atoms with Gasteiger partial charge in [-0.3, -0.25) is 0 Å². The van der Waals surface area contributed by atoms with E-state index in [2.05, 4.69) is 6.92 Å². The van der Waals surface area contributed by atoms with Crippen LogP contribution >= 0.6 is 0 Å². The predicted molar refractivity (Wildman–Crippen MR) is 43.2 cm³/mol. The molecule has 0 bridgehead atoms. The summed E-state index contributed by atoms with van der Waals surface area (Å²) in [6.45, 7) is 3.27. The summed E-state index contributed by atoms with van der Waals surface area (Å²) in [6, 6.07) is 0. The van der Waals surface area contributed by atoms with Gasteiger partial charge in [0.15, 0.2) is 6.73 Å². The summed E-state index contributed by atoms with van der Waals surface area (Å²) in [5.74, 6) is 0. The third kappa shape index (κ3) is 7.92. The van der Waals surface area contributed by atoms with E-state index in [-0.39, 0.29) is 21.6 Å². The molecule has 0 radical (unpaired) electrons. The molecule has 2 heteroatoms. The van der Waals surface area contributed by atoms with E-state index in [9.17, 15) is 0 Å². The van der Waals surface area contributed by atoms with Gasteiger partial charge in [0.2, 0.25) is 0 Å². The van der Waals surface area contributed by atoms with Crippen LogP contribution in [0.1, 0.15) is 21.8 Å². The maximum atomic E-state index is 8.57. The highest BCUT2D eigenvalue weighted by Gasteiger charge is 2.06. The molecule has 0 aliphatic rings. The number of nitrogens with zero attached hydrogens (tertiary/aromatic N) is 1. The van der Waals surface area contributed by atoms with Crippen LogP contribution in [-0.2, 0) is 0 Å². The summed E-state index contributed by atoms with van der Waals surface area (Å²) in [4.78, 5) is 0. The second-order valence-corrected chi connectivity index (χ2v) is 2.39. The number of quaternary nitrogens is 1. The molecule has 2 nitrogen and oxygen atoms in total. The second kappa shape index (κ2) is 6.05. The van der Waals surface area contributed by atoms with Crippen molar-refractivity contribution in [3.8, 4) is 0 Å². The molecule has 9 heavy (non-hydrogen) atoms. The molecule has 0 saturated carbocycles. The maximum absolute atomic E-state index is 8.57. The first-order valence-electron chi connectivity index (χ1n) is 2.55. The molecule has 0 saturated heterocycles. The Morgan fingerprint density at radius 2 is 1.56 bits per heavy atom. The molecule has 0 unspecified atom stereocenters. The monoisotopic (exact) mass is 136 g/mol. The summed E-state index contributed by atoms with van der Waals surface area (Å²) in [7, 11) is 3.97. The van der Waals surface area contributed by atoms with E-state index < -0.39 is 0 Å². The van der Waals surface area contributed by atoms with Gasteiger partial charge in [-0.05, 0) is 6.92 Å². The van der Waals surface area contributed by atoms with Crippen LogP contribution in [0.25, 0.3) is 0 Å². The number of hydrogen-bond acceptors (Lipinski definition) is 1. The zero-order valence-electron chi connectivity index (χ0n) is 5.31. The topological polar surface area (TPSA) is 20.2 Å².